The maximum Gasteiger partial charge on any atom is 0.418 e. The van der Waals surface area contributed by atoms with Crippen LogP contribution in [0.15, 0.2) is 66.9 Å². The Morgan fingerprint density at radius 1 is 1.07 bits per heavy atom. The van der Waals surface area contributed by atoms with Crippen molar-refractivity contribution in [3.05, 3.63) is 89.2 Å². The highest BCUT2D eigenvalue weighted by atomic mass is 19.4. The number of carbonyl (C=O) groups excluding carboxylic acids is 1. The molecule has 1 N–H and O–H groups in total. The van der Waals surface area contributed by atoms with Gasteiger partial charge in [-0.05, 0) is 42.0 Å². The maximum absolute atomic E-state index is 13.5. The van der Waals surface area contributed by atoms with E-state index in [4.69, 9.17) is 4.74 Å². The van der Waals surface area contributed by atoms with Crippen molar-refractivity contribution in [2.45, 2.75) is 18.9 Å². The van der Waals surface area contributed by atoms with Crippen LogP contribution in [0, 0.1) is 0 Å². The van der Waals surface area contributed by atoms with Crippen LogP contribution in [0.25, 0.3) is 0 Å². The first-order valence-corrected chi connectivity index (χ1v) is 9.20. The zero-order chi connectivity index (χ0) is 21.3. The highest BCUT2D eigenvalue weighted by molar-refractivity contribution is 5.99. The van der Waals surface area contributed by atoms with Crippen LogP contribution in [0.2, 0.25) is 0 Å². The molecule has 30 heavy (non-hydrogen) atoms. The number of aromatic nitrogens is 1. The van der Waals surface area contributed by atoms with Gasteiger partial charge in [-0.15, -0.1) is 0 Å². The van der Waals surface area contributed by atoms with Crippen LogP contribution in [0.3, 0.4) is 0 Å². The van der Waals surface area contributed by atoms with Crippen LogP contribution < -0.4 is 10.1 Å². The van der Waals surface area contributed by atoms with Crippen molar-refractivity contribution in [1.82, 2.24) is 9.88 Å². The molecule has 5 nitrogen and oxygen atoms in total. The molecular weight excluding hydrogens is 395 g/mol. The van der Waals surface area contributed by atoms with Crippen LogP contribution in [-0.2, 0) is 12.7 Å². The Balaban J connectivity index is 1.70. The molecular formula is C22H18F3N3O2. The molecule has 154 valence electrons. The van der Waals surface area contributed by atoms with E-state index in [0.717, 1.165) is 11.6 Å². The SMILES string of the molecule is COc1ccc(CN2C(=O)c3cccnc3[C@@H]2Nc2ccccc2C(F)(F)F)cc1. The molecule has 0 aliphatic carbocycles. The third-order valence-electron chi connectivity index (χ3n) is 4.94. The van der Waals surface area contributed by atoms with Gasteiger partial charge in [-0.1, -0.05) is 24.3 Å². The van der Waals surface area contributed by atoms with Crippen molar-refractivity contribution in [2.24, 2.45) is 0 Å². The summed E-state index contributed by atoms with van der Waals surface area (Å²) in [5.41, 5.74) is 0.668. The molecule has 1 aliphatic rings. The summed E-state index contributed by atoms with van der Waals surface area (Å²) in [6.45, 7) is 0.199. The number of pyridine rings is 1. The Bertz CT molecular complexity index is 1070. The third-order valence-corrected chi connectivity index (χ3v) is 4.94. The number of anilines is 1. The normalized spacial score (nSPS) is 15.8. The number of nitrogens with zero attached hydrogens (tertiary/aromatic N) is 2. The monoisotopic (exact) mass is 413 g/mol. The zero-order valence-electron chi connectivity index (χ0n) is 16.0. The molecule has 0 bridgehead atoms. The minimum absolute atomic E-state index is 0.110. The predicted octanol–water partition coefficient (Wildman–Crippen LogP) is 4.88. The first kappa shape index (κ1) is 19.8. The number of para-hydroxylation sites is 1. The van der Waals surface area contributed by atoms with E-state index in [9.17, 15) is 18.0 Å². The summed E-state index contributed by atoms with van der Waals surface area (Å²) in [6, 6.07) is 15.6. The highest BCUT2D eigenvalue weighted by Crippen LogP contribution is 2.39. The summed E-state index contributed by atoms with van der Waals surface area (Å²) in [6.07, 6.45) is -3.84. The fourth-order valence-electron chi connectivity index (χ4n) is 3.48. The molecule has 1 aliphatic heterocycles. The van der Waals surface area contributed by atoms with Crippen molar-refractivity contribution in [1.29, 1.82) is 0 Å². The summed E-state index contributed by atoms with van der Waals surface area (Å²) < 4.78 is 45.5. The smallest absolute Gasteiger partial charge is 0.418 e. The van der Waals surface area contributed by atoms with E-state index in [0.29, 0.717) is 17.0 Å². The molecule has 0 fully saturated rings. The first-order chi connectivity index (χ1) is 14.4. The number of ether oxygens (including phenoxy) is 1. The number of methoxy groups -OCH3 is 1. The minimum Gasteiger partial charge on any atom is -0.497 e. The molecule has 0 unspecified atom stereocenters. The van der Waals surface area contributed by atoms with Crippen molar-refractivity contribution in [2.75, 3.05) is 12.4 Å². The number of alkyl halides is 3. The van der Waals surface area contributed by atoms with Gasteiger partial charge in [0.2, 0.25) is 0 Å². The van der Waals surface area contributed by atoms with Crippen molar-refractivity contribution in [3.63, 3.8) is 0 Å². The van der Waals surface area contributed by atoms with E-state index >= 15 is 0 Å². The molecule has 8 heteroatoms. The topological polar surface area (TPSA) is 54.5 Å². The van der Waals surface area contributed by atoms with Gasteiger partial charge in [0.05, 0.1) is 23.9 Å². The molecule has 0 saturated heterocycles. The molecule has 0 radical (unpaired) electrons. The zero-order valence-corrected chi connectivity index (χ0v) is 16.0. The third kappa shape index (κ3) is 3.68. The number of hydrogen-bond donors (Lipinski definition) is 1. The van der Waals surface area contributed by atoms with Crippen molar-refractivity contribution < 1.29 is 22.7 Å². The van der Waals surface area contributed by atoms with Crippen LogP contribution in [0.4, 0.5) is 18.9 Å². The van der Waals surface area contributed by atoms with Gasteiger partial charge in [0.15, 0.2) is 0 Å². The molecule has 0 saturated carbocycles. The van der Waals surface area contributed by atoms with E-state index in [1.165, 1.54) is 29.3 Å². The Morgan fingerprint density at radius 2 is 1.80 bits per heavy atom. The van der Waals surface area contributed by atoms with Gasteiger partial charge in [0, 0.05) is 18.4 Å². The Hall–Kier alpha value is -3.55. The average Bonchev–Trinajstić information content (AvgIpc) is 3.00. The number of fused-ring (bicyclic) bond motifs is 1. The number of benzene rings is 2. The van der Waals surface area contributed by atoms with Crippen molar-refractivity contribution in [3.8, 4) is 5.75 Å². The molecule has 2 aromatic carbocycles. The van der Waals surface area contributed by atoms with E-state index in [2.05, 4.69) is 10.3 Å². The van der Waals surface area contributed by atoms with Crippen molar-refractivity contribution >= 4 is 11.6 Å². The van der Waals surface area contributed by atoms with E-state index in [-0.39, 0.29) is 18.1 Å². The van der Waals surface area contributed by atoms with Gasteiger partial charge in [-0.25, -0.2) is 0 Å². The Morgan fingerprint density at radius 3 is 2.50 bits per heavy atom. The molecule has 3 aromatic rings. The summed E-state index contributed by atoms with van der Waals surface area (Å²) in [4.78, 5) is 18.8. The molecule has 4 rings (SSSR count). The summed E-state index contributed by atoms with van der Waals surface area (Å²) in [7, 11) is 1.55. The second-order valence-corrected chi connectivity index (χ2v) is 6.81. The standard InChI is InChI=1S/C22H18F3N3O2/c1-30-15-10-8-14(9-11-15)13-28-20(19-16(21(28)29)5-4-12-26-19)27-18-7-3-2-6-17(18)22(23,24)25/h2-12,20,27H,13H2,1H3/t20-/m1/s1. The van der Waals surface area contributed by atoms with Gasteiger partial charge in [0.1, 0.15) is 11.9 Å². The van der Waals surface area contributed by atoms with Gasteiger partial charge in [0.25, 0.3) is 5.91 Å². The molecule has 1 amide bonds. The minimum atomic E-state index is -4.53. The number of carbonyl (C=O) groups is 1. The summed E-state index contributed by atoms with van der Waals surface area (Å²) in [5, 5.41) is 2.89. The fourth-order valence-corrected chi connectivity index (χ4v) is 3.48. The Labute approximate surface area is 171 Å². The quantitative estimate of drug-likeness (QED) is 0.648. The van der Waals surface area contributed by atoms with Gasteiger partial charge in [-0.3, -0.25) is 9.78 Å². The average molecular weight is 413 g/mol. The number of hydrogen-bond acceptors (Lipinski definition) is 4. The second kappa shape index (κ2) is 7.70. The lowest BCUT2D eigenvalue weighted by atomic mass is 10.1. The fraction of sp³-hybridized carbons (Fsp3) is 0.182. The lowest BCUT2D eigenvalue weighted by Gasteiger charge is -2.28. The lowest BCUT2D eigenvalue weighted by Crippen LogP contribution is -2.32. The second-order valence-electron chi connectivity index (χ2n) is 6.81. The van der Waals surface area contributed by atoms with Crippen LogP contribution in [0.5, 0.6) is 5.75 Å². The van der Waals surface area contributed by atoms with Crippen LogP contribution in [0.1, 0.15) is 33.3 Å². The molecule has 1 atom stereocenters. The highest BCUT2D eigenvalue weighted by Gasteiger charge is 2.40. The number of rotatable bonds is 5. The number of halogens is 3. The van der Waals surface area contributed by atoms with E-state index in [1.807, 2.05) is 12.1 Å². The van der Waals surface area contributed by atoms with Gasteiger partial charge in [-0.2, -0.15) is 13.2 Å². The molecule has 0 spiro atoms. The van der Waals surface area contributed by atoms with E-state index < -0.39 is 17.9 Å². The maximum atomic E-state index is 13.5. The van der Waals surface area contributed by atoms with E-state index in [1.54, 1.807) is 31.4 Å². The largest absolute Gasteiger partial charge is 0.497 e. The van der Waals surface area contributed by atoms with Gasteiger partial charge < -0.3 is 15.0 Å². The Kier molecular flexibility index (Phi) is 5.07. The number of amides is 1. The molecule has 2 heterocycles. The van der Waals surface area contributed by atoms with Gasteiger partial charge >= 0.3 is 6.18 Å². The lowest BCUT2D eigenvalue weighted by molar-refractivity contribution is -0.137. The van der Waals surface area contributed by atoms with Crippen LogP contribution in [-0.4, -0.2) is 22.9 Å². The number of nitrogens with one attached hydrogen (secondary N) is 1. The summed E-state index contributed by atoms with van der Waals surface area (Å²) >= 11 is 0. The first-order valence-electron chi connectivity index (χ1n) is 9.20. The van der Waals surface area contributed by atoms with Crippen LogP contribution >= 0.6 is 0 Å². The summed E-state index contributed by atoms with van der Waals surface area (Å²) in [5.74, 6) is 0.376. The predicted molar refractivity (Wildman–Crippen MR) is 105 cm³/mol. The molecule has 1 aromatic heterocycles.